The molecule has 0 aliphatic heterocycles. The zero-order valence-corrected chi connectivity index (χ0v) is 13.2. The van der Waals surface area contributed by atoms with Crippen LogP contribution in [0.2, 0.25) is 0 Å². The topological polar surface area (TPSA) is 76.3 Å². The minimum Gasteiger partial charge on any atom is -0.469 e. The average Bonchev–Trinajstić information content (AvgIpc) is 3.06. The van der Waals surface area contributed by atoms with Crippen molar-refractivity contribution < 1.29 is 14.0 Å². The van der Waals surface area contributed by atoms with Crippen molar-refractivity contribution in [2.24, 2.45) is 13.0 Å². The van der Waals surface area contributed by atoms with Crippen LogP contribution in [0.5, 0.6) is 0 Å². The van der Waals surface area contributed by atoms with E-state index < -0.39 is 0 Å². The number of nitrogens with one attached hydrogen (secondary N) is 2. The van der Waals surface area contributed by atoms with Gasteiger partial charge in [0.2, 0.25) is 5.91 Å². The van der Waals surface area contributed by atoms with E-state index in [4.69, 9.17) is 4.42 Å². The van der Waals surface area contributed by atoms with E-state index in [-0.39, 0.29) is 23.7 Å². The molecular weight excluding hydrogens is 306 g/mol. The van der Waals surface area contributed by atoms with E-state index in [0.717, 1.165) is 23.1 Å². The summed E-state index contributed by atoms with van der Waals surface area (Å²) in [4.78, 5) is 24.5. The Balaban J connectivity index is 1.41. The first-order valence-corrected chi connectivity index (χ1v) is 7.83. The van der Waals surface area contributed by atoms with Crippen LogP contribution in [0.4, 0.5) is 0 Å². The molecule has 0 bridgehead atoms. The number of nitrogens with zero attached hydrogens (tertiary/aromatic N) is 1. The highest BCUT2D eigenvalue weighted by atomic mass is 16.3. The van der Waals surface area contributed by atoms with E-state index in [0.29, 0.717) is 5.56 Å². The largest absolute Gasteiger partial charge is 0.469 e. The van der Waals surface area contributed by atoms with Gasteiger partial charge >= 0.3 is 0 Å². The van der Waals surface area contributed by atoms with Gasteiger partial charge in [-0.15, -0.1) is 0 Å². The summed E-state index contributed by atoms with van der Waals surface area (Å²) in [5.41, 5.74) is 6.53. The van der Waals surface area contributed by atoms with Crippen LogP contribution in [-0.2, 0) is 11.8 Å². The summed E-state index contributed by atoms with van der Waals surface area (Å²) in [5, 5.41) is 0.853. The first-order valence-electron chi connectivity index (χ1n) is 7.83. The Hall–Kier alpha value is -3.02. The van der Waals surface area contributed by atoms with E-state index in [1.54, 1.807) is 12.5 Å². The summed E-state index contributed by atoms with van der Waals surface area (Å²) in [6, 6.07) is 11.3. The second-order valence-electron chi connectivity index (χ2n) is 6.08. The van der Waals surface area contributed by atoms with Crippen LogP contribution in [0.3, 0.4) is 0 Å². The van der Waals surface area contributed by atoms with Crippen LogP contribution >= 0.6 is 0 Å². The number of hydrogen-bond donors (Lipinski definition) is 2. The van der Waals surface area contributed by atoms with Crippen molar-refractivity contribution in [1.82, 2.24) is 15.4 Å². The van der Waals surface area contributed by atoms with Crippen molar-refractivity contribution in [3.63, 3.8) is 0 Å². The molecule has 0 unspecified atom stereocenters. The summed E-state index contributed by atoms with van der Waals surface area (Å²) in [6.45, 7) is 0. The van der Waals surface area contributed by atoms with Crippen LogP contribution in [0.1, 0.15) is 28.5 Å². The number of furan rings is 1. The lowest BCUT2D eigenvalue weighted by Crippen LogP contribution is -2.42. The first kappa shape index (κ1) is 14.6. The number of aromatic nitrogens is 1. The van der Waals surface area contributed by atoms with Crippen LogP contribution in [0, 0.1) is 5.92 Å². The highest BCUT2D eigenvalue weighted by Gasteiger charge is 2.46. The van der Waals surface area contributed by atoms with Gasteiger partial charge in [-0.05, 0) is 24.6 Å². The van der Waals surface area contributed by atoms with Crippen LogP contribution in [0.15, 0.2) is 53.3 Å². The van der Waals surface area contributed by atoms with Gasteiger partial charge in [0.25, 0.3) is 5.91 Å². The molecule has 6 heteroatoms. The maximum Gasteiger partial charge on any atom is 0.271 e. The van der Waals surface area contributed by atoms with Crippen molar-refractivity contribution in [3.05, 3.63) is 60.2 Å². The third kappa shape index (κ3) is 2.46. The monoisotopic (exact) mass is 323 g/mol. The lowest BCUT2D eigenvalue weighted by Gasteiger charge is -2.06. The van der Waals surface area contributed by atoms with Gasteiger partial charge in [0.05, 0.1) is 17.7 Å². The third-order valence-corrected chi connectivity index (χ3v) is 4.48. The van der Waals surface area contributed by atoms with Gasteiger partial charge in [-0.3, -0.25) is 20.4 Å². The smallest absolute Gasteiger partial charge is 0.271 e. The van der Waals surface area contributed by atoms with Crippen LogP contribution in [-0.4, -0.2) is 16.4 Å². The number of carbonyl (C=O) groups excluding carboxylic acids is 2. The lowest BCUT2D eigenvalue weighted by molar-refractivity contribution is -0.123. The van der Waals surface area contributed by atoms with E-state index >= 15 is 0 Å². The first-order chi connectivity index (χ1) is 11.6. The second-order valence-corrected chi connectivity index (χ2v) is 6.08. The molecule has 2 amide bonds. The SMILES string of the molecule is Cn1cc(C(=O)NNC(=O)[C@H]2C[C@H]2c2ccco2)c2ccccc21. The molecule has 3 aromatic rings. The van der Waals surface area contributed by atoms with Gasteiger partial charge in [-0.1, -0.05) is 18.2 Å². The number of aryl methyl sites for hydroxylation is 1. The van der Waals surface area contributed by atoms with E-state index in [1.807, 2.05) is 48.0 Å². The normalized spacial score (nSPS) is 19.2. The molecule has 1 saturated carbocycles. The minimum absolute atomic E-state index is 0.106. The number of rotatable bonds is 3. The van der Waals surface area contributed by atoms with E-state index in [2.05, 4.69) is 10.9 Å². The number of fused-ring (bicyclic) bond motifs is 1. The predicted octanol–water partition coefficient (Wildman–Crippen LogP) is 2.34. The van der Waals surface area contributed by atoms with Crippen molar-refractivity contribution in [2.75, 3.05) is 0 Å². The summed E-state index contributed by atoms with van der Waals surface area (Å²) < 4.78 is 7.20. The van der Waals surface area contributed by atoms with Crippen molar-refractivity contribution in [1.29, 1.82) is 0 Å². The predicted molar refractivity (Wildman–Crippen MR) is 88.1 cm³/mol. The van der Waals surface area contributed by atoms with Crippen LogP contribution < -0.4 is 10.9 Å². The standard InChI is InChI=1S/C18H17N3O3/c1-21-10-14(11-5-2-3-6-15(11)21)18(23)20-19-17(22)13-9-12(13)16-7-4-8-24-16/h2-8,10,12-13H,9H2,1H3,(H,19,22)(H,20,23)/t12-,13+/m1/s1. The molecule has 4 rings (SSSR count). The Morgan fingerprint density at radius 1 is 1.17 bits per heavy atom. The Labute approximate surface area is 138 Å². The molecule has 2 N–H and O–H groups in total. The van der Waals surface area contributed by atoms with E-state index in [1.165, 1.54) is 0 Å². The molecule has 2 aromatic heterocycles. The zero-order chi connectivity index (χ0) is 16.7. The third-order valence-electron chi connectivity index (χ3n) is 4.48. The Morgan fingerprint density at radius 2 is 2.00 bits per heavy atom. The fourth-order valence-electron chi connectivity index (χ4n) is 3.10. The number of carbonyl (C=O) groups is 2. The molecule has 0 saturated heterocycles. The molecule has 1 fully saturated rings. The summed E-state index contributed by atoms with van der Waals surface area (Å²) in [5.74, 6) is 0.259. The summed E-state index contributed by atoms with van der Waals surface area (Å²) >= 11 is 0. The minimum atomic E-state index is -0.324. The Bertz CT molecular complexity index is 911. The van der Waals surface area contributed by atoms with Crippen molar-refractivity contribution in [2.45, 2.75) is 12.3 Å². The molecule has 2 heterocycles. The molecule has 24 heavy (non-hydrogen) atoms. The summed E-state index contributed by atoms with van der Waals surface area (Å²) in [7, 11) is 1.88. The molecule has 0 spiro atoms. The number of amides is 2. The maximum atomic E-state index is 12.4. The lowest BCUT2D eigenvalue weighted by atomic mass is 10.2. The van der Waals surface area contributed by atoms with Gasteiger partial charge in [0, 0.05) is 30.1 Å². The van der Waals surface area contributed by atoms with Gasteiger partial charge in [-0.2, -0.15) is 0 Å². The average molecular weight is 323 g/mol. The quantitative estimate of drug-likeness (QED) is 0.726. The zero-order valence-electron chi connectivity index (χ0n) is 13.2. The molecule has 1 aromatic carbocycles. The van der Waals surface area contributed by atoms with Gasteiger partial charge in [0.15, 0.2) is 0 Å². The van der Waals surface area contributed by atoms with Gasteiger partial charge in [-0.25, -0.2) is 0 Å². The number of para-hydroxylation sites is 1. The van der Waals surface area contributed by atoms with Gasteiger partial charge in [0.1, 0.15) is 5.76 Å². The molecule has 0 radical (unpaired) electrons. The number of hydrazine groups is 1. The van der Waals surface area contributed by atoms with Gasteiger partial charge < -0.3 is 8.98 Å². The van der Waals surface area contributed by atoms with E-state index in [9.17, 15) is 9.59 Å². The highest BCUT2D eigenvalue weighted by molar-refractivity contribution is 6.07. The molecule has 2 atom stereocenters. The maximum absolute atomic E-state index is 12.4. The fraction of sp³-hybridized carbons (Fsp3) is 0.222. The molecule has 6 nitrogen and oxygen atoms in total. The van der Waals surface area contributed by atoms with Crippen LogP contribution in [0.25, 0.3) is 10.9 Å². The molecule has 122 valence electrons. The molecule has 1 aliphatic carbocycles. The molecular formula is C18H17N3O3. The Morgan fingerprint density at radius 3 is 2.79 bits per heavy atom. The molecule has 1 aliphatic rings. The Kier molecular flexibility index (Phi) is 3.37. The van der Waals surface area contributed by atoms with Crippen molar-refractivity contribution >= 4 is 22.7 Å². The second kappa shape index (κ2) is 5.56. The number of benzene rings is 1. The highest BCUT2D eigenvalue weighted by Crippen LogP contribution is 2.47. The summed E-state index contributed by atoms with van der Waals surface area (Å²) in [6.07, 6.45) is 4.10. The fourth-order valence-corrected chi connectivity index (χ4v) is 3.10. The number of hydrogen-bond acceptors (Lipinski definition) is 3. The van der Waals surface area contributed by atoms with Crippen molar-refractivity contribution in [3.8, 4) is 0 Å².